The molecule has 0 spiro atoms. The summed E-state index contributed by atoms with van der Waals surface area (Å²) < 4.78 is 17.2. The predicted molar refractivity (Wildman–Crippen MR) is 91.6 cm³/mol. The van der Waals surface area contributed by atoms with E-state index >= 15 is 0 Å². The molecular weight excluding hydrogens is 354 g/mol. The maximum Gasteiger partial charge on any atom is 0.330 e. The van der Waals surface area contributed by atoms with Crippen molar-refractivity contribution in [1.82, 2.24) is 9.55 Å². The second kappa shape index (κ2) is 9.14. The summed E-state index contributed by atoms with van der Waals surface area (Å²) in [5, 5.41) is 0. The number of halogens is 1. The van der Waals surface area contributed by atoms with Crippen LogP contribution in [0, 0.1) is 12.8 Å². The van der Waals surface area contributed by atoms with Gasteiger partial charge in [0.2, 0.25) is 0 Å². The number of aryl methyl sites for hydroxylation is 1. The Morgan fingerprint density at radius 3 is 2.80 bits per heavy atom. The first-order valence-electron chi connectivity index (χ1n) is 7.79. The molecule has 1 aliphatic rings. The first-order valence-corrected chi connectivity index (χ1v) is 7.79. The van der Waals surface area contributed by atoms with Crippen molar-refractivity contribution in [3.8, 4) is 0 Å². The predicted octanol–water partition coefficient (Wildman–Crippen LogP) is 0.0549. The number of hydrogen-bond donors (Lipinski definition) is 2. The molecular formula is C15H24ClN3O6. The summed E-state index contributed by atoms with van der Waals surface area (Å²) in [7, 11) is 0. The van der Waals surface area contributed by atoms with E-state index in [4.69, 9.17) is 19.9 Å². The first-order chi connectivity index (χ1) is 11.3. The minimum Gasteiger partial charge on any atom is -0.459 e. The van der Waals surface area contributed by atoms with Crippen LogP contribution >= 0.6 is 12.4 Å². The minimum absolute atomic E-state index is 0. The molecule has 0 bridgehead atoms. The lowest BCUT2D eigenvalue weighted by molar-refractivity contribution is -0.161. The number of rotatable bonds is 6. The van der Waals surface area contributed by atoms with Gasteiger partial charge in [-0.2, -0.15) is 0 Å². The van der Waals surface area contributed by atoms with E-state index in [0.717, 1.165) is 0 Å². The van der Waals surface area contributed by atoms with E-state index in [1.54, 1.807) is 6.92 Å². The molecule has 1 aromatic rings. The van der Waals surface area contributed by atoms with E-state index in [2.05, 4.69) is 4.98 Å². The third-order valence-electron chi connectivity index (χ3n) is 3.58. The summed E-state index contributed by atoms with van der Waals surface area (Å²) in [6, 6.07) is -0.688. The number of esters is 1. The average Bonchev–Trinajstić information content (AvgIpc) is 2.96. The summed E-state index contributed by atoms with van der Waals surface area (Å²) in [5.74, 6) is -0.234. The fourth-order valence-electron chi connectivity index (χ4n) is 2.34. The van der Waals surface area contributed by atoms with Crippen LogP contribution in [0.5, 0.6) is 0 Å². The summed E-state index contributed by atoms with van der Waals surface area (Å²) in [6.07, 6.45) is 0.451. The lowest BCUT2D eigenvalue weighted by atomic mass is 10.1. The minimum atomic E-state index is -0.788. The van der Waals surface area contributed by atoms with E-state index < -0.39 is 35.8 Å². The Morgan fingerprint density at radius 1 is 1.48 bits per heavy atom. The molecule has 9 nitrogen and oxygen atoms in total. The van der Waals surface area contributed by atoms with E-state index in [1.165, 1.54) is 10.8 Å². The van der Waals surface area contributed by atoms with Gasteiger partial charge in [-0.1, -0.05) is 13.8 Å². The molecule has 3 atom stereocenters. The van der Waals surface area contributed by atoms with Crippen LogP contribution in [0.15, 0.2) is 15.8 Å². The molecule has 0 unspecified atom stereocenters. The standard InChI is InChI=1S/C15H23N3O6.ClH/c1-8(2)4-10(16)14(20)23-7-12-22-6-11(24-12)18-5-9(3)13(19)17-15(18)21;/h5,8,10-12H,4,6-7,16H2,1-3H3,(H,17,19,21);1H/t10-,11+,12+;/m0./s1. The number of carbonyl (C=O) groups excluding carboxylic acids is 1. The van der Waals surface area contributed by atoms with Crippen LogP contribution in [0.4, 0.5) is 0 Å². The van der Waals surface area contributed by atoms with Gasteiger partial charge in [0.25, 0.3) is 5.56 Å². The molecule has 1 saturated heterocycles. The molecule has 2 heterocycles. The Bertz CT molecular complexity index is 701. The molecule has 0 amide bonds. The smallest absolute Gasteiger partial charge is 0.330 e. The van der Waals surface area contributed by atoms with Crippen molar-refractivity contribution >= 4 is 18.4 Å². The monoisotopic (exact) mass is 377 g/mol. The number of nitrogens with two attached hydrogens (primary N) is 1. The number of ether oxygens (including phenoxy) is 3. The van der Waals surface area contributed by atoms with Gasteiger partial charge in [0.1, 0.15) is 12.6 Å². The van der Waals surface area contributed by atoms with E-state index in [0.29, 0.717) is 12.0 Å². The molecule has 3 N–H and O–H groups in total. The van der Waals surface area contributed by atoms with Crippen LogP contribution < -0.4 is 17.0 Å². The fraction of sp³-hybridized carbons (Fsp3) is 0.667. The highest BCUT2D eigenvalue weighted by atomic mass is 35.5. The van der Waals surface area contributed by atoms with Crippen LogP contribution in [0.25, 0.3) is 0 Å². The number of aromatic amines is 1. The Labute approximate surface area is 150 Å². The molecule has 0 aliphatic carbocycles. The molecule has 25 heavy (non-hydrogen) atoms. The lowest BCUT2D eigenvalue weighted by Crippen LogP contribution is -2.36. The van der Waals surface area contributed by atoms with Crippen molar-refractivity contribution in [2.45, 2.75) is 45.8 Å². The Kier molecular flexibility index (Phi) is 7.81. The SMILES string of the molecule is Cc1cn([C@H]2CO[C@@H](COC(=O)[C@@H](N)CC(C)C)O2)c(=O)[nH]c1=O.Cl. The summed E-state index contributed by atoms with van der Waals surface area (Å²) >= 11 is 0. The summed E-state index contributed by atoms with van der Waals surface area (Å²) in [4.78, 5) is 37.2. The topological polar surface area (TPSA) is 126 Å². The Morgan fingerprint density at radius 2 is 2.16 bits per heavy atom. The van der Waals surface area contributed by atoms with Crippen LogP contribution in [0.1, 0.15) is 32.1 Å². The number of hydrogen-bond acceptors (Lipinski definition) is 7. The normalized spacial score (nSPS) is 21.0. The van der Waals surface area contributed by atoms with Crippen LogP contribution in [0.3, 0.4) is 0 Å². The maximum atomic E-state index is 11.8. The van der Waals surface area contributed by atoms with Crippen molar-refractivity contribution in [2.75, 3.05) is 13.2 Å². The molecule has 1 fully saturated rings. The number of carbonyl (C=O) groups is 1. The van der Waals surface area contributed by atoms with Crippen molar-refractivity contribution in [3.63, 3.8) is 0 Å². The molecule has 142 valence electrons. The van der Waals surface area contributed by atoms with E-state index in [1.807, 2.05) is 13.8 Å². The number of aromatic nitrogens is 2. The Balaban J connectivity index is 0.00000312. The highest BCUT2D eigenvalue weighted by Crippen LogP contribution is 2.19. The summed E-state index contributed by atoms with van der Waals surface area (Å²) in [5.41, 5.74) is 5.09. The molecule has 0 saturated carbocycles. The molecule has 0 aromatic carbocycles. The zero-order chi connectivity index (χ0) is 17.9. The van der Waals surface area contributed by atoms with Crippen molar-refractivity contribution < 1.29 is 19.0 Å². The van der Waals surface area contributed by atoms with Crippen LogP contribution in [-0.2, 0) is 19.0 Å². The van der Waals surface area contributed by atoms with Gasteiger partial charge in [0.15, 0.2) is 12.5 Å². The molecule has 1 aromatic heterocycles. The highest BCUT2D eigenvalue weighted by Gasteiger charge is 2.30. The fourth-order valence-corrected chi connectivity index (χ4v) is 2.34. The zero-order valence-electron chi connectivity index (χ0n) is 14.4. The largest absolute Gasteiger partial charge is 0.459 e. The first kappa shape index (κ1) is 21.4. The van der Waals surface area contributed by atoms with Crippen LogP contribution in [0.2, 0.25) is 0 Å². The van der Waals surface area contributed by atoms with Gasteiger partial charge in [-0.25, -0.2) is 4.79 Å². The van der Waals surface area contributed by atoms with Crippen molar-refractivity contribution in [3.05, 3.63) is 32.6 Å². The molecule has 2 rings (SSSR count). The number of nitrogens with one attached hydrogen (secondary N) is 1. The van der Waals surface area contributed by atoms with Gasteiger partial charge < -0.3 is 19.9 Å². The number of H-pyrrole nitrogens is 1. The second-order valence-electron chi connectivity index (χ2n) is 6.20. The second-order valence-corrected chi connectivity index (χ2v) is 6.20. The van der Waals surface area contributed by atoms with Gasteiger partial charge in [-0.05, 0) is 19.3 Å². The van der Waals surface area contributed by atoms with E-state index in [9.17, 15) is 14.4 Å². The highest BCUT2D eigenvalue weighted by molar-refractivity contribution is 5.85. The zero-order valence-corrected chi connectivity index (χ0v) is 15.2. The Hall–Kier alpha value is -1.68. The van der Waals surface area contributed by atoms with Gasteiger partial charge in [-0.3, -0.25) is 19.1 Å². The maximum absolute atomic E-state index is 11.8. The van der Waals surface area contributed by atoms with Gasteiger partial charge in [0.05, 0.1) is 6.61 Å². The third kappa shape index (κ3) is 5.67. The molecule has 1 aliphatic heterocycles. The average molecular weight is 378 g/mol. The van der Waals surface area contributed by atoms with Gasteiger partial charge >= 0.3 is 11.7 Å². The van der Waals surface area contributed by atoms with Crippen molar-refractivity contribution in [2.24, 2.45) is 11.7 Å². The van der Waals surface area contributed by atoms with Gasteiger partial charge in [0, 0.05) is 11.8 Å². The van der Waals surface area contributed by atoms with Gasteiger partial charge in [-0.15, -0.1) is 12.4 Å². The lowest BCUT2D eigenvalue weighted by Gasteiger charge is -2.16. The van der Waals surface area contributed by atoms with Crippen LogP contribution in [-0.4, -0.2) is 41.1 Å². The third-order valence-corrected chi connectivity index (χ3v) is 3.58. The number of nitrogens with zero attached hydrogens (tertiary/aromatic N) is 1. The van der Waals surface area contributed by atoms with E-state index in [-0.39, 0.29) is 31.5 Å². The molecule has 10 heteroatoms. The quantitative estimate of drug-likeness (QED) is 0.671. The van der Waals surface area contributed by atoms with Crippen molar-refractivity contribution in [1.29, 1.82) is 0 Å². The molecule has 0 radical (unpaired) electrons. The summed E-state index contributed by atoms with van der Waals surface area (Å²) in [6.45, 7) is 5.50.